The van der Waals surface area contributed by atoms with Gasteiger partial charge in [-0.3, -0.25) is 5.10 Å². The van der Waals surface area contributed by atoms with E-state index < -0.39 is 0 Å². The van der Waals surface area contributed by atoms with E-state index in [0.29, 0.717) is 5.92 Å². The number of rotatable bonds is 1. The van der Waals surface area contributed by atoms with Crippen molar-refractivity contribution >= 4 is 0 Å². The van der Waals surface area contributed by atoms with Gasteiger partial charge >= 0.3 is 0 Å². The van der Waals surface area contributed by atoms with Crippen LogP contribution in [0.2, 0.25) is 0 Å². The standard InChI is InChI=1S/C9H13N3/c1-2-4-6-8(5-3-1)9-10-7-11-12-9/h1-2,7-8H,3-6H2,(H,10,11,12). The molecule has 1 aliphatic rings. The molecule has 0 saturated heterocycles. The minimum absolute atomic E-state index is 0.586. The maximum atomic E-state index is 4.19. The summed E-state index contributed by atoms with van der Waals surface area (Å²) in [6.07, 6.45) is 10.9. The number of hydrogen-bond donors (Lipinski definition) is 1. The van der Waals surface area contributed by atoms with Crippen molar-refractivity contribution in [2.45, 2.75) is 31.6 Å². The average molecular weight is 163 g/mol. The van der Waals surface area contributed by atoms with Crippen molar-refractivity contribution in [3.63, 3.8) is 0 Å². The summed E-state index contributed by atoms with van der Waals surface area (Å²) >= 11 is 0. The topological polar surface area (TPSA) is 41.6 Å². The first-order valence-corrected chi connectivity index (χ1v) is 4.47. The lowest BCUT2D eigenvalue weighted by Crippen LogP contribution is -1.99. The van der Waals surface area contributed by atoms with E-state index in [4.69, 9.17) is 0 Å². The van der Waals surface area contributed by atoms with Crippen LogP contribution in [0.4, 0.5) is 0 Å². The molecule has 1 N–H and O–H groups in total. The van der Waals surface area contributed by atoms with Crippen LogP contribution < -0.4 is 0 Å². The molecule has 2 rings (SSSR count). The molecule has 3 nitrogen and oxygen atoms in total. The normalized spacial score (nSPS) is 19.3. The van der Waals surface area contributed by atoms with E-state index in [1.165, 1.54) is 25.7 Å². The van der Waals surface area contributed by atoms with E-state index in [-0.39, 0.29) is 0 Å². The van der Waals surface area contributed by atoms with Crippen LogP contribution in [0.1, 0.15) is 37.4 Å². The number of aromatic nitrogens is 3. The van der Waals surface area contributed by atoms with Gasteiger partial charge in [-0.25, -0.2) is 4.98 Å². The van der Waals surface area contributed by atoms with Crippen molar-refractivity contribution < 1.29 is 0 Å². The maximum Gasteiger partial charge on any atom is 0.137 e. The van der Waals surface area contributed by atoms with Crippen molar-refractivity contribution in [1.82, 2.24) is 15.2 Å². The molecule has 0 fully saturated rings. The van der Waals surface area contributed by atoms with Gasteiger partial charge in [-0.05, 0) is 25.7 Å². The fourth-order valence-corrected chi connectivity index (χ4v) is 1.66. The summed E-state index contributed by atoms with van der Waals surface area (Å²) in [5.41, 5.74) is 0. The molecule has 0 spiro atoms. The smallest absolute Gasteiger partial charge is 0.137 e. The summed E-state index contributed by atoms with van der Waals surface area (Å²) in [6.45, 7) is 0. The van der Waals surface area contributed by atoms with Crippen LogP contribution in [0.5, 0.6) is 0 Å². The first-order valence-electron chi connectivity index (χ1n) is 4.47. The Kier molecular flexibility index (Phi) is 2.21. The van der Waals surface area contributed by atoms with Crippen LogP contribution >= 0.6 is 0 Å². The van der Waals surface area contributed by atoms with E-state index in [1.807, 2.05) is 0 Å². The van der Waals surface area contributed by atoms with Crippen molar-refractivity contribution in [2.24, 2.45) is 0 Å². The molecule has 0 radical (unpaired) electrons. The van der Waals surface area contributed by atoms with Crippen LogP contribution in [0.15, 0.2) is 18.5 Å². The summed E-state index contributed by atoms with van der Waals surface area (Å²) in [5.74, 6) is 1.64. The van der Waals surface area contributed by atoms with Gasteiger partial charge in [0.05, 0.1) is 0 Å². The van der Waals surface area contributed by atoms with Gasteiger partial charge in [-0.2, -0.15) is 5.10 Å². The Morgan fingerprint density at radius 1 is 1.25 bits per heavy atom. The van der Waals surface area contributed by atoms with Gasteiger partial charge in [0.2, 0.25) is 0 Å². The molecule has 1 aromatic heterocycles. The number of aromatic amines is 1. The molecular weight excluding hydrogens is 150 g/mol. The van der Waals surface area contributed by atoms with Crippen molar-refractivity contribution in [3.8, 4) is 0 Å². The highest BCUT2D eigenvalue weighted by Gasteiger charge is 2.13. The Hall–Kier alpha value is -1.12. The highest BCUT2D eigenvalue weighted by Crippen LogP contribution is 2.25. The molecule has 64 valence electrons. The van der Waals surface area contributed by atoms with E-state index in [0.717, 1.165) is 5.82 Å². The monoisotopic (exact) mass is 163 g/mol. The second-order valence-corrected chi connectivity index (χ2v) is 3.19. The molecule has 1 heterocycles. The Bertz CT molecular complexity index is 241. The van der Waals surface area contributed by atoms with Crippen molar-refractivity contribution in [3.05, 3.63) is 24.3 Å². The minimum Gasteiger partial charge on any atom is -0.263 e. The molecule has 0 saturated carbocycles. The molecule has 0 amide bonds. The molecule has 0 aliphatic heterocycles. The Morgan fingerprint density at radius 3 is 2.58 bits per heavy atom. The van der Waals surface area contributed by atoms with E-state index in [2.05, 4.69) is 27.3 Å². The zero-order valence-electron chi connectivity index (χ0n) is 7.03. The fourth-order valence-electron chi connectivity index (χ4n) is 1.66. The van der Waals surface area contributed by atoms with Crippen LogP contribution in [0, 0.1) is 0 Å². The van der Waals surface area contributed by atoms with Gasteiger partial charge in [-0.15, -0.1) is 0 Å². The first-order chi connectivity index (χ1) is 5.97. The predicted octanol–water partition coefficient (Wildman–Crippen LogP) is 2.02. The average Bonchev–Trinajstić information content (AvgIpc) is 2.48. The number of allylic oxidation sites excluding steroid dienone is 2. The third-order valence-corrected chi connectivity index (χ3v) is 2.35. The largest absolute Gasteiger partial charge is 0.263 e. The maximum absolute atomic E-state index is 4.19. The van der Waals surface area contributed by atoms with Crippen molar-refractivity contribution in [2.75, 3.05) is 0 Å². The molecule has 0 unspecified atom stereocenters. The molecule has 0 bridgehead atoms. The van der Waals surface area contributed by atoms with Crippen LogP contribution in [0.3, 0.4) is 0 Å². The number of H-pyrrole nitrogens is 1. The van der Waals surface area contributed by atoms with E-state index >= 15 is 0 Å². The number of nitrogens with one attached hydrogen (secondary N) is 1. The van der Waals surface area contributed by atoms with Gasteiger partial charge in [0, 0.05) is 5.92 Å². The summed E-state index contributed by atoms with van der Waals surface area (Å²) in [4.78, 5) is 4.19. The lowest BCUT2D eigenvalue weighted by Gasteiger charge is -2.08. The Labute approximate surface area is 71.9 Å². The molecule has 1 aromatic rings. The summed E-state index contributed by atoms with van der Waals surface area (Å²) in [5, 5.41) is 6.82. The summed E-state index contributed by atoms with van der Waals surface area (Å²) in [7, 11) is 0. The fraction of sp³-hybridized carbons (Fsp3) is 0.556. The van der Waals surface area contributed by atoms with Gasteiger partial charge < -0.3 is 0 Å². The second kappa shape index (κ2) is 3.52. The van der Waals surface area contributed by atoms with Gasteiger partial charge in [0.1, 0.15) is 12.2 Å². The van der Waals surface area contributed by atoms with Crippen LogP contribution in [0.25, 0.3) is 0 Å². The zero-order chi connectivity index (χ0) is 8.23. The third kappa shape index (κ3) is 1.55. The quantitative estimate of drug-likeness (QED) is 0.643. The molecule has 1 aliphatic carbocycles. The number of hydrogen-bond acceptors (Lipinski definition) is 2. The summed E-state index contributed by atoms with van der Waals surface area (Å²) in [6, 6.07) is 0. The molecule has 12 heavy (non-hydrogen) atoms. The molecular formula is C9H13N3. The highest BCUT2D eigenvalue weighted by molar-refractivity contribution is 4.98. The lowest BCUT2D eigenvalue weighted by molar-refractivity contribution is 0.572. The lowest BCUT2D eigenvalue weighted by atomic mass is 9.99. The van der Waals surface area contributed by atoms with Gasteiger partial charge in [0.25, 0.3) is 0 Å². The number of nitrogens with zero attached hydrogens (tertiary/aromatic N) is 2. The molecule has 0 atom stereocenters. The molecule has 0 aromatic carbocycles. The Morgan fingerprint density at radius 2 is 2.00 bits per heavy atom. The van der Waals surface area contributed by atoms with Crippen molar-refractivity contribution in [1.29, 1.82) is 0 Å². The minimum atomic E-state index is 0.586. The SMILES string of the molecule is C1=CCCC(c2ncn[nH]2)CC1. The van der Waals surface area contributed by atoms with Gasteiger partial charge in [0.15, 0.2) is 0 Å². The second-order valence-electron chi connectivity index (χ2n) is 3.19. The Balaban J connectivity index is 2.05. The van der Waals surface area contributed by atoms with Crippen LogP contribution in [-0.2, 0) is 0 Å². The first kappa shape index (κ1) is 7.53. The van der Waals surface area contributed by atoms with Crippen LogP contribution in [-0.4, -0.2) is 15.2 Å². The summed E-state index contributed by atoms with van der Waals surface area (Å²) < 4.78 is 0. The highest BCUT2D eigenvalue weighted by atomic mass is 15.2. The van der Waals surface area contributed by atoms with E-state index in [9.17, 15) is 0 Å². The van der Waals surface area contributed by atoms with E-state index in [1.54, 1.807) is 6.33 Å². The van der Waals surface area contributed by atoms with Gasteiger partial charge in [-0.1, -0.05) is 12.2 Å². The predicted molar refractivity (Wildman–Crippen MR) is 46.7 cm³/mol. The third-order valence-electron chi connectivity index (χ3n) is 2.35. The molecule has 3 heteroatoms. The zero-order valence-corrected chi connectivity index (χ0v) is 7.03.